The molecule has 0 radical (unpaired) electrons. The van der Waals surface area contributed by atoms with Crippen LogP contribution in [0.2, 0.25) is 0 Å². The van der Waals surface area contributed by atoms with E-state index in [0.29, 0.717) is 12.2 Å². The Hall–Kier alpha value is -1.88. The molecule has 0 bridgehead atoms. The highest BCUT2D eigenvalue weighted by Crippen LogP contribution is 2.51. The number of carboxylic acids is 1. The lowest BCUT2D eigenvalue weighted by molar-refractivity contribution is -0.190. The van der Waals surface area contributed by atoms with Gasteiger partial charge in [0.1, 0.15) is 5.54 Å². The number of ether oxygens (including phenoxy) is 1. The standard InChI is InChI=1S/C20H29NO4/c1-7-25-15-12-20(17(23)24,19(15,5)6)21-16(22)13-8-10-14(11-9-13)18(2,3)4/h8-11,15H,7,12H2,1-6H3,(H,21,22)(H,23,24). The average molecular weight is 347 g/mol. The van der Waals surface area contributed by atoms with E-state index in [4.69, 9.17) is 4.74 Å². The summed E-state index contributed by atoms with van der Waals surface area (Å²) in [6.45, 7) is 12.4. The molecular weight excluding hydrogens is 318 g/mol. The minimum atomic E-state index is -1.31. The molecule has 2 N–H and O–H groups in total. The molecule has 2 atom stereocenters. The summed E-state index contributed by atoms with van der Waals surface area (Å²) in [4.78, 5) is 24.6. The summed E-state index contributed by atoms with van der Waals surface area (Å²) in [5, 5.41) is 12.5. The normalized spacial score (nSPS) is 25.1. The van der Waals surface area contributed by atoms with Crippen molar-refractivity contribution in [2.75, 3.05) is 6.61 Å². The fourth-order valence-corrected chi connectivity index (χ4v) is 3.42. The minimum Gasteiger partial charge on any atom is -0.479 e. The Labute approximate surface area is 149 Å². The van der Waals surface area contributed by atoms with Crippen LogP contribution in [0.3, 0.4) is 0 Å². The zero-order valence-corrected chi connectivity index (χ0v) is 16.0. The summed E-state index contributed by atoms with van der Waals surface area (Å²) in [6, 6.07) is 7.32. The Morgan fingerprint density at radius 2 is 1.80 bits per heavy atom. The molecule has 5 heteroatoms. The number of carboxylic acid groups (broad SMARTS) is 1. The third kappa shape index (κ3) is 3.30. The maximum absolute atomic E-state index is 12.7. The van der Waals surface area contributed by atoms with E-state index < -0.39 is 16.9 Å². The van der Waals surface area contributed by atoms with Crippen LogP contribution in [-0.4, -0.2) is 35.2 Å². The molecule has 0 aliphatic heterocycles. The first-order chi connectivity index (χ1) is 11.5. The van der Waals surface area contributed by atoms with Crippen LogP contribution in [0, 0.1) is 5.41 Å². The van der Waals surface area contributed by atoms with E-state index in [2.05, 4.69) is 26.1 Å². The molecule has 25 heavy (non-hydrogen) atoms. The predicted octanol–water partition coefficient (Wildman–Crippen LogP) is 3.37. The first-order valence-electron chi connectivity index (χ1n) is 8.74. The Morgan fingerprint density at radius 1 is 1.24 bits per heavy atom. The second-order valence-electron chi connectivity index (χ2n) is 8.36. The van der Waals surface area contributed by atoms with Crippen molar-refractivity contribution in [3.63, 3.8) is 0 Å². The molecule has 1 aliphatic carbocycles. The zero-order valence-electron chi connectivity index (χ0n) is 16.0. The fourth-order valence-electron chi connectivity index (χ4n) is 3.42. The lowest BCUT2D eigenvalue weighted by Gasteiger charge is -2.58. The smallest absolute Gasteiger partial charge is 0.330 e. The van der Waals surface area contributed by atoms with Crippen molar-refractivity contribution >= 4 is 11.9 Å². The third-order valence-electron chi connectivity index (χ3n) is 5.47. The topological polar surface area (TPSA) is 75.6 Å². The van der Waals surface area contributed by atoms with Crippen LogP contribution in [0.1, 0.15) is 63.9 Å². The largest absolute Gasteiger partial charge is 0.479 e. The molecule has 2 rings (SSSR count). The van der Waals surface area contributed by atoms with Crippen LogP contribution in [-0.2, 0) is 14.9 Å². The molecule has 138 valence electrons. The molecule has 0 spiro atoms. The quantitative estimate of drug-likeness (QED) is 0.856. The van der Waals surface area contributed by atoms with Crippen LogP contribution in [0.15, 0.2) is 24.3 Å². The summed E-state index contributed by atoms with van der Waals surface area (Å²) in [6.07, 6.45) is 0.0896. The number of aliphatic carboxylic acids is 1. The highest BCUT2D eigenvalue weighted by Gasteiger charge is 2.66. The number of carbonyl (C=O) groups excluding carboxylic acids is 1. The van der Waals surface area contributed by atoms with Crippen molar-refractivity contribution in [2.24, 2.45) is 5.41 Å². The van der Waals surface area contributed by atoms with Gasteiger partial charge in [-0.1, -0.05) is 46.8 Å². The Balaban J connectivity index is 2.21. The molecule has 1 saturated carbocycles. The van der Waals surface area contributed by atoms with Gasteiger partial charge in [0, 0.05) is 24.0 Å². The van der Waals surface area contributed by atoms with Crippen LogP contribution in [0.5, 0.6) is 0 Å². The summed E-state index contributed by atoms with van der Waals surface area (Å²) in [7, 11) is 0. The van der Waals surface area contributed by atoms with E-state index in [-0.39, 0.29) is 23.8 Å². The summed E-state index contributed by atoms with van der Waals surface area (Å²) in [5.74, 6) is -1.39. The molecule has 0 saturated heterocycles. The highest BCUT2D eigenvalue weighted by molar-refractivity contribution is 5.98. The summed E-state index contributed by atoms with van der Waals surface area (Å²) >= 11 is 0. The van der Waals surface area contributed by atoms with Crippen LogP contribution in [0.4, 0.5) is 0 Å². The van der Waals surface area contributed by atoms with Gasteiger partial charge in [-0.15, -0.1) is 0 Å². The molecule has 1 amide bonds. The minimum absolute atomic E-state index is 0.00201. The number of hydrogen-bond donors (Lipinski definition) is 2. The fraction of sp³-hybridized carbons (Fsp3) is 0.600. The lowest BCUT2D eigenvalue weighted by Crippen LogP contribution is -2.76. The van der Waals surface area contributed by atoms with E-state index in [9.17, 15) is 14.7 Å². The second kappa shape index (κ2) is 6.45. The lowest BCUT2D eigenvalue weighted by atomic mass is 9.54. The molecule has 1 aromatic rings. The van der Waals surface area contributed by atoms with Gasteiger partial charge in [0.2, 0.25) is 0 Å². The van der Waals surface area contributed by atoms with E-state index in [1.807, 2.05) is 32.9 Å². The van der Waals surface area contributed by atoms with E-state index in [1.54, 1.807) is 12.1 Å². The Kier molecular flexibility index (Phi) is 5.01. The van der Waals surface area contributed by atoms with Crippen molar-refractivity contribution in [1.29, 1.82) is 0 Å². The van der Waals surface area contributed by atoms with Gasteiger partial charge < -0.3 is 15.2 Å². The van der Waals surface area contributed by atoms with Gasteiger partial charge in [-0.25, -0.2) is 4.79 Å². The van der Waals surface area contributed by atoms with E-state index in [0.717, 1.165) is 5.56 Å². The molecule has 1 fully saturated rings. The number of rotatable bonds is 5. The maximum atomic E-state index is 12.7. The first kappa shape index (κ1) is 19.4. The molecular formula is C20H29NO4. The van der Waals surface area contributed by atoms with Gasteiger partial charge in [0.05, 0.1) is 6.10 Å². The molecule has 2 unspecified atom stereocenters. The first-order valence-corrected chi connectivity index (χ1v) is 8.74. The zero-order chi connectivity index (χ0) is 19.0. The van der Waals surface area contributed by atoms with E-state index in [1.165, 1.54) is 0 Å². The molecule has 1 aliphatic rings. The van der Waals surface area contributed by atoms with Crippen molar-refractivity contribution in [1.82, 2.24) is 5.32 Å². The average Bonchev–Trinajstić information content (AvgIpc) is 2.52. The van der Waals surface area contributed by atoms with Gasteiger partial charge >= 0.3 is 5.97 Å². The van der Waals surface area contributed by atoms with Gasteiger partial charge in [0.15, 0.2) is 0 Å². The van der Waals surface area contributed by atoms with Crippen LogP contribution >= 0.6 is 0 Å². The third-order valence-corrected chi connectivity index (χ3v) is 5.47. The van der Waals surface area contributed by atoms with E-state index >= 15 is 0 Å². The summed E-state index contributed by atoms with van der Waals surface area (Å²) < 4.78 is 5.62. The molecule has 1 aromatic carbocycles. The van der Waals surface area contributed by atoms with Crippen LogP contribution < -0.4 is 5.32 Å². The van der Waals surface area contributed by atoms with Gasteiger partial charge in [-0.3, -0.25) is 4.79 Å². The number of amides is 1. The Morgan fingerprint density at radius 3 is 2.20 bits per heavy atom. The Bertz CT molecular complexity index is 657. The second-order valence-corrected chi connectivity index (χ2v) is 8.36. The van der Waals surface area contributed by atoms with Crippen molar-refractivity contribution < 1.29 is 19.4 Å². The maximum Gasteiger partial charge on any atom is 0.330 e. The number of carbonyl (C=O) groups is 2. The monoisotopic (exact) mass is 347 g/mol. The molecule has 0 aromatic heterocycles. The van der Waals surface area contributed by atoms with Gasteiger partial charge in [-0.2, -0.15) is 0 Å². The predicted molar refractivity (Wildman–Crippen MR) is 96.8 cm³/mol. The van der Waals surface area contributed by atoms with Crippen molar-refractivity contribution in [3.05, 3.63) is 35.4 Å². The number of benzene rings is 1. The molecule has 5 nitrogen and oxygen atoms in total. The molecule has 0 heterocycles. The van der Waals surface area contributed by atoms with Crippen molar-refractivity contribution in [3.8, 4) is 0 Å². The van der Waals surface area contributed by atoms with Crippen molar-refractivity contribution in [2.45, 2.75) is 65.0 Å². The van der Waals surface area contributed by atoms with Crippen LogP contribution in [0.25, 0.3) is 0 Å². The highest BCUT2D eigenvalue weighted by atomic mass is 16.5. The summed E-state index contributed by atoms with van der Waals surface area (Å²) in [5.41, 5.74) is -0.415. The number of nitrogens with one attached hydrogen (secondary N) is 1. The van der Waals surface area contributed by atoms with Gasteiger partial charge in [-0.05, 0) is 30.0 Å². The SMILES string of the molecule is CCOC1CC(NC(=O)c2ccc(C(C)(C)C)cc2)(C(=O)O)C1(C)C. The van der Waals surface area contributed by atoms with Gasteiger partial charge in [0.25, 0.3) is 5.91 Å². The number of hydrogen-bond acceptors (Lipinski definition) is 3.